The van der Waals surface area contributed by atoms with Crippen LogP contribution in [0.3, 0.4) is 0 Å². The van der Waals surface area contributed by atoms with Gasteiger partial charge in [-0.15, -0.1) is 0 Å². The zero-order chi connectivity index (χ0) is 15.4. The van der Waals surface area contributed by atoms with E-state index in [4.69, 9.17) is 21.1 Å². The van der Waals surface area contributed by atoms with Crippen LogP contribution in [0.1, 0.15) is 12.0 Å². The molecule has 3 nitrogen and oxygen atoms in total. The van der Waals surface area contributed by atoms with Crippen molar-refractivity contribution in [1.29, 1.82) is 0 Å². The minimum Gasteiger partial charge on any atom is -0.457 e. The molecule has 2 aromatic carbocycles. The second kappa shape index (κ2) is 7.14. The molecule has 0 aliphatic carbocycles. The lowest BCUT2D eigenvalue weighted by molar-refractivity contribution is 0.107. The van der Waals surface area contributed by atoms with E-state index in [2.05, 4.69) is 17.0 Å². The summed E-state index contributed by atoms with van der Waals surface area (Å²) in [5.74, 6) is 1.64. The number of halogens is 1. The van der Waals surface area contributed by atoms with Gasteiger partial charge in [0.05, 0.1) is 6.10 Å². The molecule has 4 heteroatoms. The molecule has 1 fully saturated rings. The number of ether oxygens (including phenoxy) is 2. The van der Waals surface area contributed by atoms with E-state index in [-0.39, 0.29) is 0 Å². The summed E-state index contributed by atoms with van der Waals surface area (Å²) in [6.07, 6.45) is 1.48. The lowest BCUT2D eigenvalue weighted by atomic mass is 10.2. The summed E-state index contributed by atoms with van der Waals surface area (Å²) in [4.78, 5) is 2.41. The van der Waals surface area contributed by atoms with E-state index in [0.29, 0.717) is 11.1 Å². The van der Waals surface area contributed by atoms with E-state index < -0.39 is 0 Å². The van der Waals surface area contributed by atoms with E-state index in [1.165, 1.54) is 5.56 Å². The monoisotopic (exact) mass is 317 g/mol. The van der Waals surface area contributed by atoms with Crippen LogP contribution in [0, 0.1) is 0 Å². The second-order valence-corrected chi connectivity index (χ2v) is 6.02. The summed E-state index contributed by atoms with van der Waals surface area (Å²) in [5.41, 5.74) is 1.25. The van der Waals surface area contributed by atoms with Crippen molar-refractivity contribution >= 4 is 11.6 Å². The maximum absolute atomic E-state index is 5.89. The molecule has 1 aliphatic heterocycles. The van der Waals surface area contributed by atoms with Crippen molar-refractivity contribution in [2.45, 2.75) is 19.1 Å². The van der Waals surface area contributed by atoms with Crippen LogP contribution in [-0.2, 0) is 11.3 Å². The highest BCUT2D eigenvalue weighted by Gasteiger charge is 2.21. The number of nitrogens with zero attached hydrogens (tertiary/aromatic N) is 1. The Labute approximate surface area is 136 Å². The van der Waals surface area contributed by atoms with Crippen molar-refractivity contribution in [1.82, 2.24) is 4.90 Å². The Hall–Kier alpha value is -1.55. The van der Waals surface area contributed by atoms with Gasteiger partial charge in [0, 0.05) is 31.8 Å². The zero-order valence-electron chi connectivity index (χ0n) is 12.7. The zero-order valence-corrected chi connectivity index (χ0v) is 13.4. The first-order valence-corrected chi connectivity index (χ1v) is 7.88. The van der Waals surface area contributed by atoms with Crippen LogP contribution in [0.15, 0.2) is 48.5 Å². The van der Waals surface area contributed by atoms with Crippen molar-refractivity contribution in [3.05, 3.63) is 59.1 Å². The summed E-state index contributed by atoms with van der Waals surface area (Å²) < 4.78 is 11.3. The predicted octanol–water partition coefficient (Wildman–Crippen LogP) is 4.35. The van der Waals surface area contributed by atoms with Crippen molar-refractivity contribution < 1.29 is 9.47 Å². The number of hydrogen-bond donors (Lipinski definition) is 0. The van der Waals surface area contributed by atoms with Crippen molar-refractivity contribution in [3.63, 3.8) is 0 Å². The molecule has 0 saturated carbocycles. The molecule has 0 radical (unpaired) electrons. The number of benzene rings is 2. The number of likely N-dealkylation sites (tertiary alicyclic amines) is 1. The van der Waals surface area contributed by atoms with E-state index in [1.54, 1.807) is 7.11 Å². The molecule has 0 unspecified atom stereocenters. The molecule has 3 rings (SSSR count). The van der Waals surface area contributed by atoms with Gasteiger partial charge in [-0.1, -0.05) is 23.7 Å². The molecule has 0 aromatic heterocycles. The maximum atomic E-state index is 5.89. The number of hydrogen-bond acceptors (Lipinski definition) is 3. The first kappa shape index (κ1) is 15.3. The first-order chi connectivity index (χ1) is 10.7. The van der Waals surface area contributed by atoms with Crippen molar-refractivity contribution in [2.75, 3.05) is 20.2 Å². The second-order valence-electron chi connectivity index (χ2n) is 5.58. The first-order valence-electron chi connectivity index (χ1n) is 7.50. The third-order valence-corrected chi connectivity index (χ3v) is 4.17. The van der Waals surface area contributed by atoms with Gasteiger partial charge in [0.2, 0.25) is 0 Å². The van der Waals surface area contributed by atoms with E-state index in [0.717, 1.165) is 37.6 Å². The molecule has 1 atom stereocenters. The molecular weight excluding hydrogens is 298 g/mol. The Kier molecular flexibility index (Phi) is 4.98. The van der Waals surface area contributed by atoms with Gasteiger partial charge in [0.15, 0.2) is 0 Å². The summed E-state index contributed by atoms with van der Waals surface area (Å²) in [7, 11) is 1.79. The Bertz CT molecular complexity index is 615. The van der Waals surface area contributed by atoms with Gasteiger partial charge in [-0.2, -0.15) is 0 Å². The minimum atomic E-state index is 0.369. The molecule has 0 bridgehead atoms. The fraction of sp³-hybridized carbons (Fsp3) is 0.333. The van der Waals surface area contributed by atoms with Crippen LogP contribution >= 0.6 is 11.6 Å². The largest absolute Gasteiger partial charge is 0.457 e. The smallest absolute Gasteiger partial charge is 0.127 e. The van der Waals surface area contributed by atoms with Crippen molar-refractivity contribution in [3.8, 4) is 11.5 Å². The Morgan fingerprint density at radius 2 is 1.95 bits per heavy atom. The third kappa shape index (κ3) is 4.01. The summed E-state index contributed by atoms with van der Waals surface area (Å²) in [5, 5.41) is 0.711. The molecule has 2 aromatic rings. The Morgan fingerprint density at radius 3 is 2.68 bits per heavy atom. The van der Waals surface area contributed by atoms with Gasteiger partial charge in [-0.05, 0) is 48.4 Å². The molecular formula is C18H20ClNO2. The van der Waals surface area contributed by atoms with Crippen LogP contribution in [0.2, 0.25) is 5.02 Å². The summed E-state index contributed by atoms with van der Waals surface area (Å²) in [6, 6.07) is 15.6. The topological polar surface area (TPSA) is 21.7 Å². The van der Waals surface area contributed by atoms with Crippen LogP contribution < -0.4 is 4.74 Å². The maximum Gasteiger partial charge on any atom is 0.127 e. The number of methoxy groups -OCH3 is 1. The van der Waals surface area contributed by atoms with Crippen molar-refractivity contribution in [2.24, 2.45) is 0 Å². The van der Waals surface area contributed by atoms with Gasteiger partial charge in [0.25, 0.3) is 0 Å². The SMILES string of the molecule is CO[C@H]1CCN(Cc2cccc(Oc3ccc(Cl)cc3)c2)C1. The Balaban J connectivity index is 1.63. The minimum absolute atomic E-state index is 0.369. The highest BCUT2D eigenvalue weighted by Crippen LogP contribution is 2.25. The highest BCUT2D eigenvalue weighted by molar-refractivity contribution is 6.30. The number of rotatable bonds is 5. The van der Waals surface area contributed by atoms with Gasteiger partial charge < -0.3 is 9.47 Å². The van der Waals surface area contributed by atoms with Crippen LogP contribution in [0.25, 0.3) is 0 Å². The molecule has 0 spiro atoms. The molecule has 116 valence electrons. The van der Waals surface area contributed by atoms with Gasteiger partial charge in [-0.3, -0.25) is 4.90 Å². The molecule has 22 heavy (non-hydrogen) atoms. The lowest BCUT2D eigenvalue weighted by Crippen LogP contribution is -2.22. The fourth-order valence-electron chi connectivity index (χ4n) is 2.74. The highest BCUT2D eigenvalue weighted by atomic mass is 35.5. The van der Waals surface area contributed by atoms with Gasteiger partial charge >= 0.3 is 0 Å². The fourth-order valence-corrected chi connectivity index (χ4v) is 2.86. The summed E-state index contributed by atoms with van der Waals surface area (Å²) in [6.45, 7) is 3.01. The van der Waals surface area contributed by atoms with Crippen LogP contribution in [-0.4, -0.2) is 31.2 Å². The van der Waals surface area contributed by atoms with Gasteiger partial charge in [-0.25, -0.2) is 0 Å². The normalized spacial score (nSPS) is 18.5. The molecule has 0 amide bonds. The molecule has 1 heterocycles. The standard InChI is InChI=1S/C18H20ClNO2/c1-21-18-9-10-20(13-18)12-14-3-2-4-17(11-14)22-16-7-5-15(19)6-8-16/h2-8,11,18H,9-10,12-13H2,1H3/t18-/m0/s1. The molecule has 1 saturated heterocycles. The lowest BCUT2D eigenvalue weighted by Gasteiger charge is -2.16. The van der Waals surface area contributed by atoms with Gasteiger partial charge in [0.1, 0.15) is 11.5 Å². The van der Waals surface area contributed by atoms with Crippen LogP contribution in [0.4, 0.5) is 0 Å². The van der Waals surface area contributed by atoms with Crippen LogP contribution in [0.5, 0.6) is 11.5 Å². The third-order valence-electron chi connectivity index (χ3n) is 3.92. The average molecular weight is 318 g/mol. The predicted molar refractivity (Wildman–Crippen MR) is 88.7 cm³/mol. The summed E-state index contributed by atoms with van der Waals surface area (Å²) >= 11 is 5.89. The molecule has 1 aliphatic rings. The quantitative estimate of drug-likeness (QED) is 0.818. The van der Waals surface area contributed by atoms with E-state index in [9.17, 15) is 0 Å². The average Bonchev–Trinajstić information content (AvgIpc) is 2.98. The molecule has 0 N–H and O–H groups in total. The van der Waals surface area contributed by atoms with E-state index in [1.807, 2.05) is 36.4 Å². The van der Waals surface area contributed by atoms with E-state index >= 15 is 0 Å². The Morgan fingerprint density at radius 1 is 1.14 bits per heavy atom.